The fraction of sp³-hybridized carbons (Fsp3) is 0.538. The number of phenolic OH excluding ortho intramolecular Hbond substituents is 1. The molecule has 0 aromatic heterocycles. The van der Waals surface area contributed by atoms with Gasteiger partial charge in [-0.2, -0.15) is 0 Å². The Morgan fingerprint density at radius 3 is 3.06 bits per heavy atom. The van der Waals surface area contributed by atoms with E-state index in [1.807, 2.05) is 25.2 Å². The van der Waals surface area contributed by atoms with E-state index >= 15 is 0 Å². The van der Waals surface area contributed by atoms with Gasteiger partial charge in [0.1, 0.15) is 5.75 Å². The van der Waals surface area contributed by atoms with Gasteiger partial charge < -0.3 is 15.2 Å². The summed E-state index contributed by atoms with van der Waals surface area (Å²) in [5.74, 6) is 0.379. The van der Waals surface area contributed by atoms with Gasteiger partial charge in [0.25, 0.3) is 0 Å². The molecule has 94 valence electrons. The van der Waals surface area contributed by atoms with E-state index in [4.69, 9.17) is 4.74 Å². The van der Waals surface area contributed by atoms with Gasteiger partial charge in [-0.15, -0.1) is 0 Å². The van der Waals surface area contributed by atoms with Crippen molar-refractivity contribution >= 4 is 0 Å². The number of para-hydroxylation sites is 1. The Labute approximate surface area is 102 Å². The Morgan fingerprint density at radius 1 is 1.47 bits per heavy atom. The molecule has 1 atom stereocenters. The summed E-state index contributed by atoms with van der Waals surface area (Å²) < 4.78 is 5.65. The monoisotopic (exact) mass is 236 g/mol. The van der Waals surface area contributed by atoms with Crippen molar-refractivity contribution in [2.45, 2.75) is 12.6 Å². The molecule has 0 saturated carbocycles. The Bertz CT molecular complexity index is 355. The van der Waals surface area contributed by atoms with Crippen molar-refractivity contribution in [2.24, 2.45) is 0 Å². The highest BCUT2D eigenvalue weighted by Crippen LogP contribution is 2.18. The van der Waals surface area contributed by atoms with Crippen LogP contribution in [-0.2, 0) is 11.3 Å². The third-order valence-electron chi connectivity index (χ3n) is 3.04. The van der Waals surface area contributed by atoms with E-state index in [1.54, 1.807) is 6.07 Å². The first-order chi connectivity index (χ1) is 8.29. The maximum absolute atomic E-state index is 9.74. The second kappa shape index (κ2) is 6.00. The van der Waals surface area contributed by atoms with Crippen molar-refractivity contribution in [3.8, 4) is 5.75 Å². The predicted molar refractivity (Wildman–Crippen MR) is 67.1 cm³/mol. The van der Waals surface area contributed by atoms with Crippen LogP contribution in [0.1, 0.15) is 5.56 Å². The van der Waals surface area contributed by atoms with Gasteiger partial charge in [0.15, 0.2) is 0 Å². The highest BCUT2D eigenvalue weighted by Gasteiger charge is 2.20. The molecule has 0 radical (unpaired) electrons. The second-order valence-corrected chi connectivity index (χ2v) is 4.41. The highest BCUT2D eigenvalue weighted by molar-refractivity contribution is 5.31. The number of phenols is 1. The van der Waals surface area contributed by atoms with E-state index in [0.29, 0.717) is 5.75 Å². The summed E-state index contributed by atoms with van der Waals surface area (Å²) in [6.45, 7) is 4.26. The van der Waals surface area contributed by atoms with Crippen LogP contribution in [0, 0.1) is 0 Å². The molecule has 4 heteroatoms. The first kappa shape index (κ1) is 12.4. The lowest BCUT2D eigenvalue weighted by Crippen LogP contribution is -2.45. The van der Waals surface area contributed by atoms with E-state index in [-0.39, 0.29) is 6.10 Å². The molecule has 1 unspecified atom stereocenters. The van der Waals surface area contributed by atoms with Crippen molar-refractivity contribution in [1.82, 2.24) is 10.2 Å². The number of likely N-dealkylation sites (N-methyl/N-ethyl adjacent to an activating group) is 1. The number of hydrogen-bond acceptors (Lipinski definition) is 4. The van der Waals surface area contributed by atoms with Crippen LogP contribution in [0.4, 0.5) is 0 Å². The summed E-state index contributed by atoms with van der Waals surface area (Å²) in [6, 6.07) is 7.52. The zero-order chi connectivity index (χ0) is 12.1. The molecular formula is C13H20N2O2. The summed E-state index contributed by atoms with van der Waals surface area (Å²) in [6.07, 6.45) is 0.250. The normalized spacial score (nSPS) is 21.6. The fourth-order valence-corrected chi connectivity index (χ4v) is 2.16. The number of nitrogens with zero attached hydrogens (tertiary/aromatic N) is 1. The van der Waals surface area contributed by atoms with E-state index in [0.717, 1.165) is 38.3 Å². The summed E-state index contributed by atoms with van der Waals surface area (Å²) in [4.78, 5) is 2.32. The first-order valence-corrected chi connectivity index (χ1v) is 6.05. The topological polar surface area (TPSA) is 44.7 Å². The van der Waals surface area contributed by atoms with Crippen LogP contribution in [0.5, 0.6) is 5.75 Å². The van der Waals surface area contributed by atoms with Crippen LogP contribution in [0.2, 0.25) is 0 Å². The summed E-state index contributed by atoms with van der Waals surface area (Å²) in [7, 11) is 1.94. The molecule has 1 aliphatic heterocycles. The number of hydrogen-bond donors (Lipinski definition) is 2. The molecule has 1 saturated heterocycles. The van der Waals surface area contributed by atoms with Crippen LogP contribution in [-0.4, -0.2) is 49.4 Å². The molecule has 0 spiro atoms. The lowest BCUT2D eigenvalue weighted by atomic mass is 10.1. The number of ether oxygens (including phenoxy) is 1. The standard InChI is InChI=1S/C13H20N2O2/c1-14-8-12-10-15(6-7-17-12)9-11-4-2-3-5-13(11)16/h2-5,12,14,16H,6-10H2,1H3. The quantitative estimate of drug-likeness (QED) is 0.812. The van der Waals surface area contributed by atoms with E-state index in [1.165, 1.54) is 0 Å². The van der Waals surface area contributed by atoms with Gasteiger partial charge in [-0.1, -0.05) is 18.2 Å². The minimum Gasteiger partial charge on any atom is -0.508 e. The summed E-state index contributed by atoms with van der Waals surface area (Å²) in [5, 5.41) is 12.9. The second-order valence-electron chi connectivity index (χ2n) is 4.41. The minimum atomic E-state index is 0.250. The number of aromatic hydroxyl groups is 1. The Kier molecular flexibility index (Phi) is 4.36. The van der Waals surface area contributed by atoms with Crippen LogP contribution >= 0.6 is 0 Å². The molecule has 2 N–H and O–H groups in total. The molecule has 0 bridgehead atoms. The van der Waals surface area contributed by atoms with E-state index < -0.39 is 0 Å². The molecule has 4 nitrogen and oxygen atoms in total. The number of morpholine rings is 1. The highest BCUT2D eigenvalue weighted by atomic mass is 16.5. The van der Waals surface area contributed by atoms with Crippen molar-refractivity contribution in [2.75, 3.05) is 33.3 Å². The number of nitrogens with one attached hydrogen (secondary N) is 1. The Balaban J connectivity index is 1.92. The summed E-state index contributed by atoms with van der Waals surface area (Å²) >= 11 is 0. The molecule has 1 aromatic rings. The molecule has 1 heterocycles. The van der Waals surface area contributed by atoms with E-state index in [2.05, 4.69) is 10.2 Å². The van der Waals surface area contributed by atoms with Gasteiger partial charge >= 0.3 is 0 Å². The molecule has 17 heavy (non-hydrogen) atoms. The van der Waals surface area contributed by atoms with Crippen LogP contribution < -0.4 is 5.32 Å². The average molecular weight is 236 g/mol. The number of benzene rings is 1. The van der Waals surface area contributed by atoms with E-state index in [9.17, 15) is 5.11 Å². The molecule has 1 aromatic carbocycles. The van der Waals surface area contributed by atoms with Gasteiger partial charge in [-0.25, -0.2) is 0 Å². The molecule has 1 fully saturated rings. The smallest absolute Gasteiger partial charge is 0.120 e. The molecule has 0 amide bonds. The van der Waals surface area contributed by atoms with Crippen molar-refractivity contribution < 1.29 is 9.84 Å². The SMILES string of the molecule is CNCC1CN(Cc2ccccc2O)CCO1. The van der Waals surface area contributed by atoms with Crippen molar-refractivity contribution in [3.05, 3.63) is 29.8 Å². The zero-order valence-electron chi connectivity index (χ0n) is 10.2. The third-order valence-corrected chi connectivity index (χ3v) is 3.04. The van der Waals surface area contributed by atoms with Gasteiger partial charge in [-0.05, 0) is 13.1 Å². The Morgan fingerprint density at radius 2 is 2.29 bits per heavy atom. The lowest BCUT2D eigenvalue weighted by molar-refractivity contribution is -0.0293. The maximum atomic E-state index is 9.74. The van der Waals surface area contributed by atoms with Crippen LogP contribution in [0.15, 0.2) is 24.3 Å². The summed E-state index contributed by atoms with van der Waals surface area (Å²) in [5.41, 5.74) is 0.984. The maximum Gasteiger partial charge on any atom is 0.120 e. The van der Waals surface area contributed by atoms with Gasteiger partial charge in [0, 0.05) is 31.7 Å². The van der Waals surface area contributed by atoms with Gasteiger partial charge in [0.2, 0.25) is 0 Å². The fourth-order valence-electron chi connectivity index (χ4n) is 2.16. The van der Waals surface area contributed by atoms with Gasteiger partial charge in [0.05, 0.1) is 12.7 Å². The first-order valence-electron chi connectivity index (χ1n) is 6.05. The van der Waals surface area contributed by atoms with Crippen molar-refractivity contribution in [1.29, 1.82) is 0 Å². The molecule has 2 rings (SSSR count). The van der Waals surface area contributed by atoms with Crippen LogP contribution in [0.3, 0.4) is 0 Å². The average Bonchev–Trinajstić information content (AvgIpc) is 2.33. The third kappa shape index (κ3) is 3.43. The molecule has 0 aliphatic carbocycles. The van der Waals surface area contributed by atoms with Crippen molar-refractivity contribution in [3.63, 3.8) is 0 Å². The molecular weight excluding hydrogens is 216 g/mol. The van der Waals surface area contributed by atoms with Gasteiger partial charge in [-0.3, -0.25) is 4.90 Å². The Hall–Kier alpha value is -1.10. The molecule has 1 aliphatic rings. The largest absolute Gasteiger partial charge is 0.508 e. The predicted octanol–water partition coefficient (Wildman–Crippen LogP) is 0.812. The zero-order valence-corrected chi connectivity index (χ0v) is 10.2. The lowest BCUT2D eigenvalue weighted by Gasteiger charge is -2.32. The minimum absolute atomic E-state index is 0.250. The number of rotatable bonds is 4. The van der Waals surface area contributed by atoms with Crippen LogP contribution in [0.25, 0.3) is 0 Å².